The molecule has 0 fully saturated rings. The third kappa shape index (κ3) is 5.92. The Bertz CT molecular complexity index is 1110. The summed E-state index contributed by atoms with van der Waals surface area (Å²) in [5.41, 5.74) is 3.78. The van der Waals surface area contributed by atoms with Crippen LogP contribution in [-0.4, -0.2) is 12.5 Å². The summed E-state index contributed by atoms with van der Waals surface area (Å²) in [6.07, 6.45) is 0.292. The summed E-state index contributed by atoms with van der Waals surface area (Å²) in [4.78, 5) is 12.7. The van der Waals surface area contributed by atoms with E-state index in [-0.39, 0.29) is 29.4 Å². The molecule has 33 heavy (non-hydrogen) atoms. The lowest BCUT2D eigenvalue weighted by Crippen LogP contribution is -2.32. The SMILES string of the molecule is O=C(Cc1ccccc1)NCC(c1ccccc1)C(c1ccc(F)cc1)c1ccc(F)cc1. The average Bonchev–Trinajstić information content (AvgIpc) is 2.84. The van der Waals surface area contributed by atoms with Gasteiger partial charge in [0.25, 0.3) is 0 Å². The van der Waals surface area contributed by atoms with Crippen molar-refractivity contribution in [2.75, 3.05) is 6.54 Å². The molecule has 4 heteroatoms. The van der Waals surface area contributed by atoms with E-state index in [9.17, 15) is 13.6 Å². The van der Waals surface area contributed by atoms with Crippen molar-refractivity contribution in [1.82, 2.24) is 5.32 Å². The monoisotopic (exact) mass is 441 g/mol. The van der Waals surface area contributed by atoms with Gasteiger partial charge in [0.05, 0.1) is 6.42 Å². The van der Waals surface area contributed by atoms with Gasteiger partial charge >= 0.3 is 0 Å². The zero-order chi connectivity index (χ0) is 23.0. The Morgan fingerprint density at radius 2 is 1.12 bits per heavy atom. The number of carbonyl (C=O) groups excluding carboxylic acids is 1. The van der Waals surface area contributed by atoms with Crippen LogP contribution < -0.4 is 5.32 Å². The van der Waals surface area contributed by atoms with Gasteiger partial charge in [0.2, 0.25) is 5.91 Å². The minimum atomic E-state index is -0.316. The standard InChI is InChI=1S/C29H25F2NO/c30-25-15-11-23(12-16-25)29(24-13-17-26(31)18-14-24)27(22-9-5-2-6-10-22)20-32-28(33)19-21-7-3-1-4-8-21/h1-18,27,29H,19-20H2,(H,32,33). The predicted octanol–water partition coefficient (Wildman–Crippen LogP) is 6.24. The Labute approximate surface area is 192 Å². The van der Waals surface area contributed by atoms with E-state index in [4.69, 9.17) is 0 Å². The second-order valence-electron chi connectivity index (χ2n) is 8.06. The fourth-order valence-electron chi connectivity index (χ4n) is 4.19. The predicted molar refractivity (Wildman–Crippen MR) is 127 cm³/mol. The molecular weight excluding hydrogens is 416 g/mol. The summed E-state index contributed by atoms with van der Waals surface area (Å²) >= 11 is 0. The molecule has 0 aromatic heterocycles. The van der Waals surface area contributed by atoms with Crippen molar-refractivity contribution >= 4 is 5.91 Å². The van der Waals surface area contributed by atoms with Gasteiger partial charge in [-0.3, -0.25) is 4.79 Å². The van der Waals surface area contributed by atoms with Crippen LogP contribution in [0.25, 0.3) is 0 Å². The van der Waals surface area contributed by atoms with Gasteiger partial charge in [-0.25, -0.2) is 8.78 Å². The molecule has 0 heterocycles. The van der Waals surface area contributed by atoms with Crippen LogP contribution in [0, 0.1) is 11.6 Å². The van der Waals surface area contributed by atoms with Crippen molar-refractivity contribution in [3.05, 3.63) is 143 Å². The molecule has 4 aromatic rings. The first-order valence-corrected chi connectivity index (χ1v) is 11.0. The van der Waals surface area contributed by atoms with Gasteiger partial charge in [0, 0.05) is 18.4 Å². The van der Waals surface area contributed by atoms with Crippen LogP contribution in [0.2, 0.25) is 0 Å². The van der Waals surface area contributed by atoms with E-state index in [2.05, 4.69) is 5.32 Å². The third-order valence-corrected chi connectivity index (χ3v) is 5.81. The van der Waals surface area contributed by atoms with Gasteiger partial charge < -0.3 is 5.32 Å². The second kappa shape index (κ2) is 10.7. The van der Waals surface area contributed by atoms with Crippen molar-refractivity contribution < 1.29 is 13.6 Å². The summed E-state index contributed by atoms with van der Waals surface area (Å²) in [7, 11) is 0. The Balaban J connectivity index is 1.67. The number of benzene rings is 4. The number of carbonyl (C=O) groups is 1. The van der Waals surface area contributed by atoms with Crippen LogP contribution in [0.3, 0.4) is 0 Å². The molecule has 0 saturated heterocycles. The highest BCUT2D eigenvalue weighted by atomic mass is 19.1. The Kier molecular flexibility index (Phi) is 7.26. The summed E-state index contributed by atoms with van der Waals surface area (Å²) in [5.74, 6) is -1.04. The van der Waals surface area contributed by atoms with Crippen molar-refractivity contribution in [3.8, 4) is 0 Å². The van der Waals surface area contributed by atoms with Crippen LogP contribution in [0.5, 0.6) is 0 Å². The van der Waals surface area contributed by atoms with Crippen LogP contribution in [0.1, 0.15) is 34.1 Å². The molecular formula is C29H25F2NO. The quantitative estimate of drug-likeness (QED) is 0.345. The maximum Gasteiger partial charge on any atom is 0.224 e. The van der Waals surface area contributed by atoms with E-state index in [1.165, 1.54) is 24.3 Å². The van der Waals surface area contributed by atoms with Crippen LogP contribution in [0.4, 0.5) is 8.78 Å². The smallest absolute Gasteiger partial charge is 0.224 e. The number of amides is 1. The second-order valence-corrected chi connectivity index (χ2v) is 8.06. The largest absolute Gasteiger partial charge is 0.355 e. The number of halogens is 2. The van der Waals surface area contributed by atoms with Crippen LogP contribution in [-0.2, 0) is 11.2 Å². The topological polar surface area (TPSA) is 29.1 Å². The molecule has 166 valence electrons. The molecule has 4 aromatic carbocycles. The lowest BCUT2D eigenvalue weighted by Gasteiger charge is -2.29. The summed E-state index contributed by atoms with van der Waals surface area (Å²) in [5, 5.41) is 3.09. The lowest BCUT2D eigenvalue weighted by molar-refractivity contribution is -0.120. The number of hydrogen-bond acceptors (Lipinski definition) is 1. The Morgan fingerprint density at radius 1 is 0.636 bits per heavy atom. The molecule has 0 aliphatic rings. The van der Waals surface area contributed by atoms with Gasteiger partial charge in [0.15, 0.2) is 0 Å². The summed E-state index contributed by atoms with van der Waals surface area (Å²) < 4.78 is 27.4. The summed E-state index contributed by atoms with van der Waals surface area (Å²) in [6.45, 7) is 0.384. The van der Waals surface area contributed by atoms with Crippen LogP contribution in [0.15, 0.2) is 109 Å². The molecule has 0 aliphatic heterocycles. The fourth-order valence-corrected chi connectivity index (χ4v) is 4.19. The van der Waals surface area contributed by atoms with Gasteiger partial charge in [0.1, 0.15) is 11.6 Å². The van der Waals surface area contributed by atoms with Crippen LogP contribution >= 0.6 is 0 Å². The maximum absolute atomic E-state index is 13.7. The average molecular weight is 442 g/mol. The van der Waals surface area contributed by atoms with E-state index in [0.717, 1.165) is 22.3 Å². The normalized spacial score (nSPS) is 11.8. The minimum Gasteiger partial charge on any atom is -0.355 e. The molecule has 0 bridgehead atoms. The highest BCUT2D eigenvalue weighted by Crippen LogP contribution is 2.38. The summed E-state index contributed by atoms with van der Waals surface area (Å²) in [6, 6.07) is 32.2. The number of hydrogen-bond donors (Lipinski definition) is 1. The third-order valence-electron chi connectivity index (χ3n) is 5.81. The molecule has 1 atom stereocenters. The van der Waals surface area contributed by atoms with E-state index < -0.39 is 0 Å². The molecule has 2 nitrogen and oxygen atoms in total. The maximum atomic E-state index is 13.7. The molecule has 1 N–H and O–H groups in total. The Morgan fingerprint density at radius 3 is 1.64 bits per heavy atom. The van der Waals surface area contributed by atoms with Crippen molar-refractivity contribution in [3.63, 3.8) is 0 Å². The molecule has 0 radical (unpaired) electrons. The molecule has 1 amide bonds. The highest BCUT2D eigenvalue weighted by molar-refractivity contribution is 5.78. The van der Waals surface area contributed by atoms with Crippen molar-refractivity contribution in [2.24, 2.45) is 0 Å². The zero-order valence-corrected chi connectivity index (χ0v) is 18.1. The molecule has 0 aliphatic carbocycles. The van der Waals surface area contributed by atoms with E-state index >= 15 is 0 Å². The molecule has 4 rings (SSSR count). The minimum absolute atomic E-state index is 0.0703. The molecule has 0 spiro atoms. The lowest BCUT2D eigenvalue weighted by atomic mass is 9.77. The number of rotatable bonds is 8. The first-order chi connectivity index (χ1) is 16.1. The van der Waals surface area contributed by atoms with Gasteiger partial charge in [-0.1, -0.05) is 84.9 Å². The van der Waals surface area contributed by atoms with Gasteiger partial charge in [-0.05, 0) is 46.5 Å². The van der Waals surface area contributed by atoms with E-state index in [1.54, 1.807) is 24.3 Å². The first-order valence-electron chi connectivity index (χ1n) is 11.0. The van der Waals surface area contributed by atoms with E-state index in [0.29, 0.717) is 13.0 Å². The van der Waals surface area contributed by atoms with Gasteiger partial charge in [-0.15, -0.1) is 0 Å². The zero-order valence-electron chi connectivity index (χ0n) is 18.1. The van der Waals surface area contributed by atoms with Crippen molar-refractivity contribution in [2.45, 2.75) is 18.3 Å². The van der Waals surface area contributed by atoms with Crippen molar-refractivity contribution in [1.29, 1.82) is 0 Å². The van der Waals surface area contributed by atoms with Gasteiger partial charge in [-0.2, -0.15) is 0 Å². The Hall–Kier alpha value is -3.79. The number of nitrogens with one attached hydrogen (secondary N) is 1. The van der Waals surface area contributed by atoms with E-state index in [1.807, 2.05) is 60.7 Å². The molecule has 0 saturated carbocycles. The molecule has 1 unspecified atom stereocenters. The fraction of sp³-hybridized carbons (Fsp3) is 0.138. The highest BCUT2D eigenvalue weighted by Gasteiger charge is 2.27. The first kappa shape index (κ1) is 22.4.